The van der Waals surface area contributed by atoms with Gasteiger partial charge in [-0.15, -0.1) is 0 Å². The Morgan fingerprint density at radius 2 is 1.73 bits per heavy atom. The Balaban J connectivity index is 1.98. The predicted molar refractivity (Wildman–Crippen MR) is 60.6 cm³/mol. The third-order valence-electron chi connectivity index (χ3n) is 3.88. The molecule has 1 aliphatic carbocycles. The number of amides is 1. The monoisotopic (exact) mass is 210 g/mol. The summed E-state index contributed by atoms with van der Waals surface area (Å²) < 4.78 is 0. The molecule has 0 unspecified atom stereocenters. The molecule has 0 aromatic heterocycles. The highest BCUT2D eigenvalue weighted by molar-refractivity contribution is 5.82. The molecule has 0 atom stereocenters. The fraction of sp³-hybridized carbons (Fsp3) is 0.917. The molecule has 86 valence electrons. The van der Waals surface area contributed by atoms with E-state index in [0.29, 0.717) is 5.91 Å². The van der Waals surface area contributed by atoms with E-state index in [1.54, 1.807) is 0 Å². The molecule has 2 rings (SSSR count). The molecule has 0 radical (unpaired) electrons. The van der Waals surface area contributed by atoms with Gasteiger partial charge in [0.15, 0.2) is 0 Å². The summed E-state index contributed by atoms with van der Waals surface area (Å²) in [6.45, 7) is 5.88. The zero-order valence-corrected chi connectivity index (χ0v) is 9.72. The van der Waals surface area contributed by atoms with Crippen LogP contribution in [0.2, 0.25) is 0 Å². The van der Waals surface area contributed by atoms with Crippen molar-refractivity contribution in [3.8, 4) is 0 Å². The van der Waals surface area contributed by atoms with Gasteiger partial charge in [-0.3, -0.25) is 4.79 Å². The average Bonchev–Trinajstić information content (AvgIpc) is 2.30. The van der Waals surface area contributed by atoms with Crippen LogP contribution in [0.15, 0.2) is 0 Å². The van der Waals surface area contributed by atoms with Gasteiger partial charge in [0.2, 0.25) is 5.91 Å². The van der Waals surface area contributed by atoms with Crippen LogP contribution in [0.1, 0.15) is 39.0 Å². The molecule has 1 aliphatic heterocycles. The Labute approximate surface area is 92.2 Å². The van der Waals surface area contributed by atoms with Crippen LogP contribution in [0, 0.1) is 5.41 Å². The summed E-state index contributed by atoms with van der Waals surface area (Å²) in [6, 6.07) is 0. The van der Waals surface area contributed by atoms with Crippen LogP contribution < -0.4 is 5.32 Å². The largest absolute Gasteiger partial charge is 0.340 e. The summed E-state index contributed by atoms with van der Waals surface area (Å²) in [5.74, 6) is 0.406. The lowest BCUT2D eigenvalue weighted by atomic mass is 9.74. The number of nitrogens with one attached hydrogen (secondary N) is 1. The molecule has 1 N–H and O–H groups in total. The van der Waals surface area contributed by atoms with E-state index in [1.807, 2.05) is 0 Å². The third-order valence-corrected chi connectivity index (χ3v) is 3.88. The molecule has 1 saturated carbocycles. The lowest BCUT2D eigenvalue weighted by molar-refractivity contribution is -0.143. The maximum Gasteiger partial charge on any atom is 0.228 e. The van der Waals surface area contributed by atoms with E-state index in [0.717, 1.165) is 39.0 Å². The van der Waals surface area contributed by atoms with E-state index in [2.05, 4.69) is 17.1 Å². The first-order valence-corrected chi connectivity index (χ1v) is 6.22. The summed E-state index contributed by atoms with van der Waals surface area (Å²) in [5, 5.41) is 3.29. The van der Waals surface area contributed by atoms with Gasteiger partial charge in [0.05, 0.1) is 0 Å². The van der Waals surface area contributed by atoms with E-state index in [4.69, 9.17) is 0 Å². The molecule has 1 heterocycles. The maximum atomic E-state index is 12.4. The topological polar surface area (TPSA) is 32.3 Å². The molecular weight excluding hydrogens is 188 g/mol. The number of carbonyl (C=O) groups excluding carboxylic acids is 1. The van der Waals surface area contributed by atoms with E-state index < -0.39 is 0 Å². The highest BCUT2D eigenvalue weighted by atomic mass is 16.2. The van der Waals surface area contributed by atoms with Gasteiger partial charge in [0.1, 0.15) is 0 Å². The van der Waals surface area contributed by atoms with Crippen molar-refractivity contribution < 1.29 is 4.79 Å². The maximum absolute atomic E-state index is 12.4. The minimum Gasteiger partial charge on any atom is -0.340 e. The molecule has 0 bridgehead atoms. The minimum absolute atomic E-state index is 0.0460. The Morgan fingerprint density at radius 1 is 1.13 bits per heavy atom. The lowest BCUT2D eigenvalue weighted by Crippen LogP contribution is -2.51. The van der Waals surface area contributed by atoms with Crippen LogP contribution >= 0.6 is 0 Å². The van der Waals surface area contributed by atoms with E-state index in [1.165, 1.54) is 19.3 Å². The normalized spacial score (nSPS) is 26.3. The minimum atomic E-state index is -0.0460. The number of carbonyl (C=O) groups is 1. The van der Waals surface area contributed by atoms with Crippen LogP contribution in [0.25, 0.3) is 0 Å². The van der Waals surface area contributed by atoms with Gasteiger partial charge in [-0.05, 0) is 12.8 Å². The van der Waals surface area contributed by atoms with E-state index in [-0.39, 0.29) is 5.41 Å². The molecule has 2 aliphatic rings. The van der Waals surface area contributed by atoms with Crippen molar-refractivity contribution in [3.63, 3.8) is 0 Å². The molecule has 1 saturated heterocycles. The van der Waals surface area contributed by atoms with Crippen molar-refractivity contribution in [2.45, 2.75) is 39.0 Å². The molecule has 1 amide bonds. The first-order chi connectivity index (χ1) is 7.22. The molecule has 0 aromatic carbocycles. The van der Waals surface area contributed by atoms with Gasteiger partial charge in [0, 0.05) is 31.6 Å². The Kier molecular flexibility index (Phi) is 3.29. The Morgan fingerprint density at radius 3 is 2.33 bits per heavy atom. The van der Waals surface area contributed by atoms with Gasteiger partial charge < -0.3 is 10.2 Å². The second-order valence-corrected chi connectivity index (χ2v) is 5.16. The summed E-state index contributed by atoms with van der Waals surface area (Å²) in [5.41, 5.74) is -0.0460. The molecule has 3 heteroatoms. The van der Waals surface area contributed by atoms with Crippen LogP contribution in [0.4, 0.5) is 0 Å². The van der Waals surface area contributed by atoms with Crippen molar-refractivity contribution in [1.82, 2.24) is 10.2 Å². The number of rotatable bonds is 1. The number of nitrogens with zero attached hydrogens (tertiary/aromatic N) is 1. The zero-order valence-electron chi connectivity index (χ0n) is 9.72. The van der Waals surface area contributed by atoms with Crippen molar-refractivity contribution >= 4 is 5.91 Å². The van der Waals surface area contributed by atoms with Crippen LogP contribution in [0.5, 0.6) is 0 Å². The quantitative estimate of drug-likeness (QED) is 0.709. The van der Waals surface area contributed by atoms with Crippen molar-refractivity contribution in [2.24, 2.45) is 5.41 Å². The van der Waals surface area contributed by atoms with Gasteiger partial charge in [-0.25, -0.2) is 0 Å². The Bertz CT molecular complexity index is 228. The number of piperazine rings is 1. The second kappa shape index (κ2) is 4.52. The zero-order chi connectivity index (χ0) is 10.7. The molecule has 0 aromatic rings. The van der Waals surface area contributed by atoms with E-state index in [9.17, 15) is 4.79 Å². The summed E-state index contributed by atoms with van der Waals surface area (Å²) in [6.07, 6.45) is 5.96. The third kappa shape index (κ3) is 2.33. The summed E-state index contributed by atoms with van der Waals surface area (Å²) >= 11 is 0. The number of hydrogen-bond acceptors (Lipinski definition) is 2. The standard InChI is InChI=1S/C12H22N2O/c1-12(5-3-2-4-6-12)11(15)14-9-7-13-8-10-14/h13H,2-10H2,1H3. The average molecular weight is 210 g/mol. The first kappa shape index (κ1) is 10.9. The van der Waals surface area contributed by atoms with Gasteiger partial charge in [-0.1, -0.05) is 26.2 Å². The predicted octanol–water partition coefficient (Wildman–Crippen LogP) is 1.39. The van der Waals surface area contributed by atoms with Crippen molar-refractivity contribution in [1.29, 1.82) is 0 Å². The van der Waals surface area contributed by atoms with Crippen LogP contribution in [0.3, 0.4) is 0 Å². The van der Waals surface area contributed by atoms with Gasteiger partial charge in [-0.2, -0.15) is 0 Å². The fourth-order valence-corrected chi connectivity index (χ4v) is 2.80. The van der Waals surface area contributed by atoms with Gasteiger partial charge >= 0.3 is 0 Å². The SMILES string of the molecule is CC1(C(=O)N2CCNCC2)CCCCC1. The van der Waals surface area contributed by atoms with Crippen molar-refractivity contribution in [3.05, 3.63) is 0 Å². The molecular formula is C12H22N2O. The molecule has 3 nitrogen and oxygen atoms in total. The van der Waals surface area contributed by atoms with Gasteiger partial charge in [0.25, 0.3) is 0 Å². The highest BCUT2D eigenvalue weighted by Crippen LogP contribution is 2.37. The smallest absolute Gasteiger partial charge is 0.228 e. The number of hydrogen-bond donors (Lipinski definition) is 1. The van der Waals surface area contributed by atoms with Crippen LogP contribution in [-0.4, -0.2) is 37.0 Å². The molecule has 2 fully saturated rings. The van der Waals surface area contributed by atoms with E-state index >= 15 is 0 Å². The summed E-state index contributed by atoms with van der Waals surface area (Å²) in [4.78, 5) is 14.4. The summed E-state index contributed by atoms with van der Waals surface area (Å²) in [7, 11) is 0. The van der Waals surface area contributed by atoms with Crippen LogP contribution in [-0.2, 0) is 4.79 Å². The highest BCUT2D eigenvalue weighted by Gasteiger charge is 2.37. The second-order valence-electron chi connectivity index (χ2n) is 5.16. The fourth-order valence-electron chi connectivity index (χ4n) is 2.80. The first-order valence-electron chi connectivity index (χ1n) is 6.22. The lowest BCUT2D eigenvalue weighted by Gasteiger charge is -2.38. The molecule has 0 spiro atoms. The van der Waals surface area contributed by atoms with Crippen molar-refractivity contribution in [2.75, 3.05) is 26.2 Å². The molecule has 15 heavy (non-hydrogen) atoms. The Hall–Kier alpha value is -0.570.